The van der Waals surface area contributed by atoms with Crippen LogP contribution in [0, 0.1) is 0 Å². The predicted molar refractivity (Wildman–Crippen MR) is 104 cm³/mol. The monoisotopic (exact) mass is 394 g/mol. The average molecular weight is 395 g/mol. The molecule has 0 saturated heterocycles. The van der Waals surface area contributed by atoms with E-state index in [2.05, 4.69) is 9.82 Å². The van der Waals surface area contributed by atoms with Gasteiger partial charge in [-0.15, -0.1) is 12.4 Å². The third-order valence-corrected chi connectivity index (χ3v) is 4.42. The molecule has 0 aliphatic heterocycles. The SMILES string of the molecule is CCn1nc(-c2ccc(CNS(N)(=O)=O)cc2)c2ccccc2c1=O.Cl. The Morgan fingerprint density at radius 3 is 2.27 bits per heavy atom. The van der Waals surface area contributed by atoms with Crippen molar-refractivity contribution in [1.82, 2.24) is 14.5 Å². The van der Waals surface area contributed by atoms with Crippen LogP contribution in [0.1, 0.15) is 12.5 Å². The molecule has 0 fully saturated rings. The maximum Gasteiger partial charge on any atom is 0.274 e. The Hall–Kier alpha value is -2.26. The molecule has 0 aliphatic carbocycles. The first-order chi connectivity index (χ1) is 11.9. The molecule has 1 aromatic heterocycles. The summed E-state index contributed by atoms with van der Waals surface area (Å²) in [4.78, 5) is 12.4. The highest BCUT2D eigenvalue weighted by Crippen LogP contribution is 2.24. The van der Waals surface area contributed by atoms with Gasteiger partial charge in [0.2, 0.25) is 0 Å². The summed E-state index contributed by atoms with van der Waals surface area (Å²) in [5.41, 5.74) is 2.21. The van der Waals surface area contributed by atoms with Crippen molar-refractivity contribution in [3.8, 4) is 11.3 Å². The first kappa shape index (κ1) is 20.1. The molecule has 138 valence electrons. The minimum atomic E-state index is -3.73. The lowest BCUT2D eigenvalue weighted by Crippen LogP contribution is -2.30. The number of aryl methyl sites for hydroxylation is 1. The number of aromatic nitrogens is 2. The van der Waals surface area contributed by atoms with E-state index in [9.17, 15) is 13.2 Å². The Balaban J connectivity index is 0.00000243. The molecule has 3 aromatic rings. The van der Waals surface area contributed by atoms with E-state index < -0.39 is 10.2 Å². The number of nitrogens with two attached hydrogens (primary N) is 1. The van der Waals surface area contributed by atoms with Crippen LogP contribution in [0.15, 0.2) is 53.3 Å². The Kier molecular flexibility index (Phi) is 6.14. The number of benzene rings is 2. The van der Waals surface area contributed by atoms with Crippen LogP contribution in [-0.2, 0) is 23.3 Å². The quantitative estimate of drug-likeness (QED) is 0.687. The molecule has 0 saturated carbocycles. The Labute approximate surface area is 157 Å². The summed E-state index contributed by atoms with van der Waals surface area (Å²) in [6, 6.07) is 14.6. The summed E-state index contributed by atoms with van der Waals surface area (Å²) < 4.78 is 25.6. The zero-order valence-corrected chi connectivity index (χ0v) is 15.7. The number of rotatable bonds is 5. The first-order valence-electron chi connectivity index (χ1n) is 7.75. The lowest BCUT2D eigenvalue weighted by molar-refractivity contribution is 0.583. The van der Waals surface area contributed by atoms with Crippen LogP contribution >= 0.6 is 12.4 Å². The van der Waals surface area contributed by atoms with E-state index in [0.717, 1.165) is 16.5 Å². The van der Waals surface area contributed by atoms with Crippen molar-refractivity contribution in [2.24, 2.45) is 5.14 Å². The van der Waals surface area contributed by atoms with Gasteiger partial charge < -0.3 is 0 Å². The Bertz CT molecular complexity index is 1080. The van der Waals surface area contributed by atoms with Gasteiger partial charge in [-0.25, -0.2) is 9.82 Å². The molecule has 26 heavy (non-hydrogen) atoms. The van der Waals surface area contributed by atoms with Crippen LogP contribution in [0.3, 0.4) is 0 Å². The summed E-state index contributed by atoms with van der Waals surface area (Å²) in [5, 5.41) is 10.8. The first-order valence-corrected chi connectivity index (χ1v) is 9.30. The van der Waals surface area contributed by atoms with Crippen LogP contribution in [0.25, 0.3) is 22.0 Å². The maximum absolute atomic E-state index is 12.4. The maximum atomic E-state index is 12.4. The van der Waals surface area contributed by atoms with E-state index in [1.807, 2.05) is 37.3 Å². The van der Waals surface area contributed by atoms with Crippen molar-refractivity contribution in [3.63, 3.8) is 0 Å². The molecule has 7 nitrogen and oxygen atoms in total. The van der Waals surface area contributed by atoms with Gasteiger partial charge in [0.15, 0.2) is 0 Å². The molecule has 0 atom stereocenters. The molecule has 0 bridgehead atoms. The number of halogens is 1. The van der Waals surface area contributed by atoms with E-state index in [0.29, 0.717) is 17.6 Å². The number of fused-ring (bicyclic) bond motifs is 1. The van der Waals surface area contributed by atoms with Crippen molar-refractivity contribution in [2.75, 3.05) is 0 Å². The highest BCUT2D eigenvalue weighted by molar-refractivity contribution is 7.87. The van der Waals surface area contributed by atoms with Crippen LogP contribution in [0.5, 0.6) is 0 Å². The molecule has 3 rings (SSSR count). The van der Waals surface area contributed by atoms with Crippen molar-refractivity contribution < 1.29 is 8.42 Å². The second kappa shape index (κ2) is 7.96. The molecular weight excluding hydrogens is 376 g/mol. The van der Waals surface area contributed by atoms with E-state index >= 15 is 0 Å². The average Bonchev–Trinajstić information content (AvgIpc) is 2.60. The standard InChI is InChI=1S/C17H18N4O3S.ClH/c1-2-21-17(22)15-6-4-3-5-14(15)16(20-21)13-9-7-12(8-10-13)11-19-25(18,23)24;/h3-10,19H,2,11H2,1H3,(H2,18,23,24);1H. The second-order valence-electron chi connectivity index (χ2n) is 5.58. The summed E-state index contributed by atoms with van der Waals surface area (Å²) in [6.45, 7) is 2.46. The summed E-state index contributed by atoms with van der Waals surface area (Å²) in [5.74, 6) is 0. The topological polar surface area (TPSA) is 107 Å². The minimum Gasteiger partial charge on any atom is -0.267 e. The van der Waals surface area contributed by atoms with E-state index in [4.69, 9.17) is 5.14 Å². The van der Waals surface area contributed by atoms with Gasteiger partial charge in [-0.05, 0) is 18.6 Å². The number of nitrogens with zero attached hydrogens (tertiary/aromatic N) is 2. The Morgan fingerprint density at radius 1 is 1.08 bits per heavy atom. The van der Waals surface area contributed by atoms with Crippen LogP contribution in [0.4, 0.5) is 0 Å². The summed E-state index contributed by atoms with van der Waals surface area (Å²) in [6.07, 6.45) is 0. The van der Waals surface area contributed by atoms with Crippen molar-refractivity contribution >= 4 is 33.4 Å². The van der Waals surface area contributed by atoms with Crippen LogP contribution < -0.4 is 15.4 Å². The zero-order chi connectivity index (χ0) is 18.0. The molecule has 0 unspecified atom stereocenters. The fourth-order valence-electron chi connectivity index (χ4n) is 2.63. The van der Waals surface area contributed by atoms with Crippen molar-refractivity contribution in [2.45, 2.75) is 20.0 Å². The lowest BCUT2D eigenvalue weighted by Gasteiger charge is -2.10. The normalized spacial score (nSPS) is 11.3. The molecule has 3 N–H and O–H groups in total. The molecule has 1 heterocycles. The van der Waals surface area contributed by atoms with Crippen LogP contribution in [0.2, 0.25) is 0 Å². The highest BCUT2D eigenvalue weighted by atomic mass is 35.5. The van der Waals surface area contributed by atoms with Gasteiger partial charge in [0.25, 0.3) is 15.8 Å². The minimum absolute atomic E-state index is 0. The summed E-state index contributed by atoms with van der Waals surface area (Å²) >= 11 is 0. The fourth-order valence-corrected chi connectivity index (χ4v) is 2.99. The van der Waals surface area contributed by atoms with Gasteiger partial charge in [0, 0.05) is 24.0 Å². The van der Waals surface area contributed by atoms with E-state index in [-0.39, 0.29) is 24.5 Å². The largest absolute Gasteiger partial charge is 0.274 e. The van der Waals surface area contributed by atoms with Gasteiger partial charge >= 0.3 is 0 Å². The molecule has 0 amide bonds. The molecule has 0 aliphatic rings. The third-order valence-electron chi connectivity index (χ3n) is 3.87. The van der Waals surface area contributed by atoms with Crippen molar-refractivity contribution in [1.29, 1.82) is 0 Å². The molecule has 9 heteroatoms. The number of hydrogen-bond acceptors (Lipinski definition) is 4. The van der Waals surface area contributed by atoms with Gasteiger partial charge in [-0.3, -0.25) is 4.79 Å². The third kappa shape index (κ3) is 4.28. The number of nitrogens with one attached hydrogen (secondary N) is 1. The lowest BCUT2D eigenvalue weighted by atomic mass is 10.0. The fraction of sp³-hybridized carbons (Fsp3) is 0.176. The van der Waals surface area contributed by atoms with Crippen molar-refractivity contribution in [3.05, 3.63) is 64.4 Å². The second-order valence-corrected chi connectivity index (χ2v) is 6.96. The van der Waals surface area contributed by atoms with E-state index in [1.165, 1.54) is 4.68 Å². The molecule has 0 spiro atoms. The Morgan fingerprint density at radius 2 is 1.69 bits per heavy atom. The predicted octanol–water partition coefficient (Wildman–Crippen LogP) is 1.80. The number of hydrogen-bond donors (Lipinski definition) is 2. The highest BCUT2D eigenvalue weighted by Gasteiger charge is 2.11. The molecule has 0 radical (unpaired) electrons. The van der Waals surface area contributed by atoms with Gasteiger partial charge in [0.05, 0.1) is 11.1 Å². The molecular formula is C17H19ClN4O3S. The summed E-state index contributed by atoms with van der Waals surface area (Å²) in [7, 11) is -3.73. The molecule has 2 aromatic carbocycles. The van der Waals surface area contributed by atoms with E-state index in [1.54, 1.807) is 18.2 Å². The van der Waals surface area contributed by atoms with Gasteiger partial charge in [-0.2, -0.15) is 18.2 Å². The van der Waals surface area contributed by atoms with Crippen LogP contribution in [-0.4, -0.2) is 18.2 Å². The van der Waals surface area contributed by atoms with Gasteiger partial charge in [-0.1, -0.05) is 42.5 Å². The zero-order valence-electron chi connectivity index (χ0n) is 14.0. The van der Waals surface area contributed by atoms with Gasteiger partial charge in [0.1, 0.15) is 0 Å². The smallest absolute Gasteiger partial charge is 0.267 e.